The zero-order valence-electron chi connectivity index (χ0n) is 39.0. The van der Waals surface area contributed by atoms with Crippen molar-refractivity contribution in [2.24, 2.45) is 11.8 Å². The maximum atomic E-state index is 12.7. The van der Waals surface area contributed by atoms with Gasteiger partial charge in [0.1, 0.15) is 13.2 Å². The first kappa shape index (κ1) is 55.4. The van der Waals surface area contributed by atoms with Crippen LogP contribution in [0.2, 0.25) is 0 Å². The first-order valence-electron chi connectivity index (χ1n) is 25.3. The molecule has 0 bridgehead atoms. The molecule has 6 nitrogen and oxygen atoms in total. The third-order valence-electron chi connectivity index (χ3n) is 11.8. The van der Waals surface area contributed by atoms with Gasteiger partial charge < -0.3 is 14.2 Å². The minimum atomic E-state index is -0.762. The maximum Gasteiger partial charge on any atom is 0.306 e. The third kappa shape index (κ3) is 43.8. The van der Waals surface area contributed by atoms with Gasteiger partial charge in [-0.25, -0.2) is 0 Å². The average molecular weight is 807 g/mol. The third-order valence-corrected chi connectivity index (χ3v) is 11.8. The second kappa shape index (κ2) is 44.0. The van der Waals surface area contributed by atoms with E-state index in [4.69, 9.17) is 14.2 Å². The fraction of sp³-hybridized carbons (Fsp3) is 0.941. The first-order valence-corrected chi connectivity index (χ1v) is 25.3. The highest BCUT2D eigenvalue weighted by Crippen LogP contribution is 2.18. The van der Waals surface area contributed by atoms with Crippen LogP contribution in [0, 0.1) is 11.8 Å². The lowest BCUT2D eigenvalue weighted by atomic mass is 9.99. The van der Waals surface area contributed by atoms with Crippen LogP contribution in [-0.2, 0) is 28.6 Å². The second-order valence-electron chi connectivity index (χ2n) is 18.2. The molecule has 0 fully saturated rings. The smallest absolute Gasteiger partial charge is 0.306 e. The van der Waals surface area contributed by atoms with Crippen molar-refractivity contribution in [3.63, 3.8) is 0 Å². The molecule has 0 amide bonds. The van der Waals surface area contributed by atoms with Gasteiger partial charge in [0.25, 0.3) is 0 Å². The Hall–Kier alpha value is -1.59. The number of carbonyl (C=O) groups excluding carboxylic acids is 3. The van der Waals surface area contributed by atoms with Crippen molar-refractivity contribution in [1.29, 1.82) is 0 Å². The minimum Gasteiger partial charge on any atom is -0.462 e. The molecule has 0 saturated carbocycles. The van der Waals surface area contributed by atoms with Crippen LogP contribution in [0.4, 0.5) is 0 Å². The highest BCUT2D eigenvalue weighted by atomic mass is 16.6. The summed E-state index contributed by atoms with van der Waals surface area (Å²) in [7, 11) is 0. The van der Waals surface area contributed by atoms with E-state index in [2.05, 4.69) is 34.6 Å². The summed E-state index contributed by atoms with van der Waals surface area (Å²) in [6.07, 6.45) is 43.9. The SMILES string of the molecule is CCCCCCCCCCCCCCCCCCCCC(=O)OC[C@@H](COC(=O)CCCCCCCCC(C)C)OC(=O)CCCCCCCCCCC(C)CC. The summed E-state index contributed by atoms with van der Waals surface area (Å²) < 4.78 is 16.8. The number of unbranched alkanes of at least 4 members (excludes halogenated alkanes) is 29. The van der Waals surface area contributed by atoms with Gasteiger partial charge in [-0.05, 0) is 31.1 Å². The lowest BCUT2D eigenvalue weighted by Crippen LogP contribution is -2.30. The fourth-order valence-electron chi connectivity index (χ4n) is 7.60. The highest BCUT2D eigenvalue weighted by Gasteiger charge is 2.19. The molecule has 0 aliphatic carbocycles. The molecule has 0 N–H and O–H groups in total. The highest BCUT2D eigenvalue weighted by molar-refractivity contribution is 5.71. The van der Waals surface area contributed by atoms with E-state index in [0.29, 0.717) is 19.3 Å². The summed E-state index contributed by atoms with van der Waals surface area (Å²) in [6.45, 7) is 11.3. The van der Waals surface area contributed by atoms with Crippen LogP contribution >= 0.6 is 0 Å². The minimum absolute atomic E-state index is 0.0652. The Balaban J connectivity index is 4.24. The van der Waals surface area contributed by atoms with Crippen LogP contribution in [-0.4, -0.2) is 37.2 Å². The van der Waals surface area contributed by atoms with Gasteiger partial charge in [0.2, 0.25) is 0 Å². The standard InChI is InChI=1S/C51H98O6/c1-6-8-9-10-11-12-13-14-15-16-17-18-19-20-21-25-31-36-41-49(52)55-44-48(45-56-50(53)42-37-32-28-27-29-34-39-46(3)4)57-51(54)43-38-33-26-23-22-24-30-35-40-47(5)7-2/h46-48H,6-45H2,1-5H3/t47?,48-/m0/s1. The lowest BCUT2D eigenvalue weighted by Gasteiger charge is -2.18. The number of hydrogen-bond acceptors (Lipinski definition) is 6. The van der Waals surface area contributed by atoms with Crippen molar-refractivity contribution in [2.45, 2.75) is 285 Å². The Labute approximate surface area is 355 Å². The summed E-state index contributed by atoms with van der Waals surface area (Å²) >= 11 is 0. The first-order chi connectivity index (χ1) is 27.8. The Morgan fingerprint density at radius 1 is 0.368 bits per heavy atom. The molecule has 0 saturated heterocycles. The van der Waals surface area contributed by atoms with Crippen molar-refractivity contribution in [3.8, 4) is 0 Å². The molecular formula is C51H98O6. The molecular weight excluding hydrogens is 709 g/mol. The number of esters is 3. The topological polar surface area (TPSA) is 78.9 Å². The number of carbonyl (C=O) groups is 3. The lowest BCUT2D eigenvalue weighted by molar-refractivity contribution is -0.167. The van der Waals surface area contributed by atoms with Gasteiger partial charge in [-0.2, -0.15) is 0 Å². The monoisotopic (exact) mass is 807 g/mol. The van der Waals surface area contributed by atoms with Gasteiger partial charge in [0.05, 0.1) is 0 Å². The maximum absolute atomic E-state index is 12.7. The van der Waals surface area contributed by atoms with Crippen molar-refractivity contribution in [1.82, 2.24) is 0 Å². The summed E-state index contributed by atoms with van der Waals surface area (Å²) in [5.41, 5.74) is 0. The molecule has 1 unspecified atom stereocenters. The molecule has 0 aromatic heterocycles. The molecule has 6 heteroatoms. The predicted octanol–water partition coefficient (Wildman–Crippen LogP) is 16.1. The zero-order valence-corrected chi connectivity index (χ0v) is 39.0. The number of ether oxygens (including phenoxy) is 3. The quantitative estimate of drug-likeness (QED) is 0.0346. The van der Waals surface area contributed by atoms with Gasteiger partial charge >= 0.3 is 17.9 Å². The van der Waals surface area contributed by atoms with Gasteiger partial charge in [0, 0.05) is 19.3 Å². The Morgan fingerprint density at radius 2 is 0.667 bits per heavy atom. The largest absolute Gasteiger partial charge is 0.462 e. The normalized spacial score (nSPS) is 12.5. The van der Waals surface area contributed by atoms with Crippen molar-refractivity contribution in [2.75, 3.05) is 13.2 Å². The number of hydrogen-bond donors (Lipinski definition) is 0. The van der Waals surface area contributed by atoms with E-state index < -0.39 is 6.10 Å². The van der Waals surface area contributed by atoms with E-state index in [9.17, 15) is 14.4 Å². The van der Waals surface area contributed by atoms with Crippen LogP contribution in [0.5, 0.6) is 0 Å². The molecule has 57 heavy (non-hydrogen) atoms. The molecule has 338 valence electrons. The molecule has 0 aliphatic rings. The van der Waals surface area contributed by atoms with E-state index in [1.165, 1.54) is 167 Å². The van der Waals surface area contributed by atoms with Gasteiger partial charge in [-0.15, -0.1) is 0 Å². The molecule has 0 radical (unpaired) electrons. The Morgan fingerprint density at radius 3 is 1.00 bits per heavy atom. The Kier molecular flexibility index (Phi) is 42.7. The molecule has 0 aromatic rings. The van der Waals surface area contributed by atoms with E-state index >= 15 is 0 Å². The fourth-order valence-corrected chi connectivity index (χ4v) is 7.60. The molecule has 0 rings (SSSR count). The molecule has 2 atom stereocenters. The predicted molar refractivity (Wildman–Crippen MR) is 243 cm³/mol. The summed E-state index contributed by atoms with van der Waals surface area (Å²) in [5, 5.41) is 0. The van der Waals surface area contributed by atoms with Crippen LogP contribution in [0.15, 0.2) is 0 Å². The average Bonchev–Trinajstić information content (AvgIpc) is 3.19. The number of rotatable bonds is 45. The van der Waals surface area contributed by atoms with Crippen molar-refractivity contribution in [3.05, 3.63) is 0 Å². The van der Waals surface area contributed by atoms with E-state index in [0.717, 1.165) is 69.6 Å². The molecule has 0 heterocycles. The van der Waals surface area contributed by atoms with Crippen LogP contribution < -0.4 is 0 Å². The van der Waals surface area contributed by atoms with E-state index in [-0.39, 0.29) is 31.1 Å². The van der Waals surface area contributed by atoms with Crippen LogP contribution in [0.1, 0.15) is 279 Å². The summed E-state index contributed by atoms with van der Waals surface area (Å²) in [6, 6.07) is 0. The van der Waals surface area contributed by atoms with Gasteiger partial charge in [-0.1, -0.05) is 240 Å². The van der Waals surface area contributed by atoms with Gasteiger partial charge in [-0.3, -0.25) is 14.4 Å². The van der Waals surface area contributed by atoms with Crippen molar-refractivity contribution < 1.29 is 28.6 Å². The van der Waals surface area contributed by atoms with E-state index in [1.807, 2.05) is 0 Å². The van der Waals surface area contributed by atoms with E-state index in [1.54, 1.807) is 0 Å². The van der Waals surface area contributed by atoms with Gasteiger partial charge in [0.15, 0.2) is 6.10 Å². The summed E-state index contributed by atoms with van der Waals surface area (Å²) in [4.78, 5) is 37.8. The molecule has 0 spiro atoms. The van der Waals surface area contributed by atoms with Crippen LogP contribution in [0.3, 0.4) is 0 Å². The summed E-state index contributed by atoms with van der Waals surface area (Å²) in [5.74, 6) is 0.750. The van der Waals surface area contributed by atoms with Crippen LogP contribution in [0.25, 0.3) is 0 Å². The second-order valence-corrected chi connectivity index (χ2v) is 18.2. The van der Waals surface area contributed by atoms with Crippen molar-refractivity contribution >= 4 is 17.9 Å². The molecule has 0 aromatic carbocycles. The zero-order chi connectivity index (χ0) is 41.9. The molecule has 0 aliphatic heterocycles. The Bertz CT molecular complexity index is 872.